The molecule has 0 aliphatic carbocycles. The molecule has 0 aliphatic rings. The second kappa shape index (κ2) is 10.4. The molecule has 84 valence electrons. The molecule has 0 spiro atoms. The fourth-order valence-electron chi connectivity index (χ4n) is 0.955. The topological polar surface area (TPSA) is 78.8 Å². The molecule has 0 aliphatic heterocycles. The van der Waals surface area contributed by atoms with Crippen LogP contribution in [0.3, 0.4) is 0 Å². The molecule has 0 fully saturated rings. The number of carboxylic acid groups (broad SMARTS) is 1. The zero-order valence-corrected chi connectivity index (χ0v) is 8.37. The molecule has 5 heteroatoms. The summed E-state index contributed by atoms with van der Waals surface area (Å²) in [6.45, 7) is 2.63. The molecule has 0 saturated carbocycles. The monoisotopic (exact) mass is 205 g/mol. The van der Waals surface area contributed by atoms with Crippen LogP contribution in [-0.2, 0) is 9.53 Å². The van der Waals surface area contributed by atoms with E-state index in [0.29, 0.717) is 19.6 Å². The standard InChI is InChI=1S/C9H19NO4/c11-6-8-14-7-2-5-10-4-1-3-9(12)13/h10-11H,1-8H2,(H,12,13). The van der Waals surface area contributed by atoms with Crippen LogP contribution in [-0.4, -0.2) is 49.1 Å². The summed E-state index contributed by atoms with van der Waals surface area (Å²) in [7, 11) is 0. The summed E-state index contributed by atoms with van der Waals surface area (Å²) < 4.78 is 5.04. The van der Waals surface area contributed by atoms with Crippen molar-refractivity contribution in [1.82, 2.24) is 5.32 Å². The van der Waals surface area contributed by atoms with E-state index in [9.17, 15) is 4.79 Å². The number of hydrogen-bond acceptors (Lipinski definition) is 4. The van der Waals surface area contributed by atoms with Crippen LogP contribution in [0.1, 0.15) is 19.3 Å². The SMILES string of the molecule is O=C(O)CCCNCCCOCCO. The van der Waals surface area contributed by atoms with Gasteiger partial charge in [0.05, 0.1) is 13.2 Å². The minimum absolute atomic E-state index is 0.0615. The smallest absolute Gasteiger partial charge is 0.303 e. The van der Waals surface area contributed by atoms with Crippen LogP contribution < -0.4 is 5.32 Å². The molecule has 0 bridgehead atoms. The Labute approximate surface area is 84.1 Å². The Kier molecular flexibility index (Phi) is 9.95. The molecule has 5 nitrogen and oxygen atoms in total. The highest BCUT2D eigenvalue weighted by Gasteiger charge is 1.95. The first kappa shape index (κ1) is 13.4. The molecular formula is C9H19NO4. The van der Waals surface area contributed by atoms with E-state index >= 15 is 0 Å². The average Bonchev–Trinajstić information content (AvgIpc) is 2.15. The quantitative estimate of drug-likeness (QED) is 0.432. The Morgan fingerprint density at radius 3 is 2.57 bits per heavy atom. The second-order valence-electron chi connectivity index (χ2n) is 2.94. The van der Waals surface area contributed by atoms with Gasteiger partial charge in [0.15, 0.2) is 0 Å². The molecule has 0 atom stereocenters. The van der Waals surface area contributed by atoms with E-state index in [2.05, 4.69) is 5.32 Å². The highest BCUT2D eigenvalue weighted by Crippen LogP contribution is 1.86. The number of carbonyl (C=O) groups is 1. The first-order valence-electron chi connectivity index (χ1n) is 4.88. The Morgan fingerprint density at radius 2 is 1.93 bits per heavy atom. The lowest BCUT2D eigenvalue weighted by Gasteiger charge is -2.03. The van der Waals surface area contributed by atoms with Crippen LogP contribution in [0, 0.1) is 0 Å². The molecule has 14 heavy (non-hydrogen) atoms. The van der Waals surface area contributed by atoms with E-state index in [0.717, 1.165) is 19.5 Å². The molecule has 0 heterocycles. The summed E-state index contributed by atoms with van der Waals surface area (Å²) in [6, 6.07) is 0. The normalized spacial score (nSPS) is 10.4. The van der Waals surface area contributed by atoms with E-state index in [1.54, 1.807) is 0 Å². The lowest BCUT2D eigenvalue weighted by Crippen LogP contribution is -2.19. The van der Waals surface area contributed by atoms with Crippen molar-refractivity contribution in [2.45, 2.75) is 19.3 Å². The van der Waals surface area contributed by atoms with Gasteiger partial charge in [0.2, 0.25) is 0 Å². The zero-order valence-electron chi connectivity index (χ0n) is 8.37. The predicted molar refractivity (Wildman–Crippen MR) is 52.3 cm³/mol. The van der Waals surface area contributed by atoms with E-state index in [1.165, 1.54) is 0 Å². The molecular weight excluding hydrogens is 186 g/mol. The highest BCUT2D eigenvalue weighted by molar-refractivity contribution is 5.66. The number of carboxylic acids is 1. The Balaban J connectivity index is 2.88. The minimum atomic E-state index is -0.752. The molecule has 3 N–H and O–H groups in total. The Hall–Kier alpha value is -0.650. The van der Waals surface area contributed by atoms with Gasteiger partial charge in [0.25, 0.3) is 0 Å². The largest absolute Gasteiger partial charge is 0.481 e. The molecule has 0 amide bonds. The van der Waals surface area contributed by atoms with Crippen molar-refractivity contribution in [2.24, 2.45) is 0 Å². The van der Waals surface area contributed by atoms with Gasteiger partial charge in [-0.3, -0.25) is 4.79 Å². The molecule has 0 radical (unpaired) electrons. The van der Waals surface area contributed by atoms with Gasteiger partial charge in [-0.1, -0.05) is 0 Å². The van der Waals surface area contributed by atoms with E-state index in [-0.39, 0.29) is 13.0 Å². The van der Waals surface area contributed by atoms with Crippen molar-refractivity contribution >= 4 is 5.97 Å². The van der Waals surface area contributed by atoms with Gasteiger partial charge in [0, 0.05) is 13.0 Å². The maximum Gasteiger partial charge on any atom is 0.303 e. The average molecular weight is 205 g/mol. The number of aliphatic hydroxyl groups is 1. The van der Waals surface area contributed by atoms with Crippen molar-refractivity contribution in [3.8, 4) is 0 Å². The lowest BCUT2D eigenvalue weighted by molar-refractivity contribution is -0.137. The summed E-state index contributed by atoms with van der Waals surface area (Å²) in [4.78, 5) is 10.1. The fourth-order valence-corrected chi connectivity index (χ4v) is 0.955. The van der Waals surface area contributed by atoms with E-state index in [1.807, 2.05) is 0 Å². The van der Waals surface area contributed by atoms with Crippen molar-refractivity contribution in [2.75, 3.05) is 32.9 Å². The van der Waals surface area contributed by atoms with E-state index < -0.39 is 5.97 Å². The molecule has 0 rings (SSSR count). The molecule has 0 aromatic rings. The van der Waals surface area contributed by atoms with Gasteiger partial charge in [-0.05, 0) is 25.9 Å². The molecule has 0 aromatic heterocycles. The highest BCUT2D eigenvalue weighted by atomic mass is 16.5. The van der Waals surface area contributed by atoms with Gasteiger partial charge >= 0.3 is 5.97 Å². The number of ether oxygens (including phenoxy) is 1. The van der Waals surface area contributed by atoms with Gasteiger partial charge in [-0.15, -0.1) is 0 Å². The number of hydrogen-bond donors (Lipinski definition) is 3. The third-order valence-corrected chi connectivity index (χ3v) is 1.62. The first-order chi connectivity index (χ1) is 6.77. The molecule has 0 aromatic carbocycles. The maximum atomic E-state index is 10.1. The Morgan fingerprint density at radius 1 is 1.21 bits per heavy atom. The number of rotatable bonds is 10. The predicted octanol–water partition coefficient (Wildman–Crippen LogP) is -0.160. The van der Waals surface area contributed by atoms with Gasteiger partial charge < -0.3 is 20.3 Å². The third kappa shape index (κ3) is 11.4. The summed E-state index contributed by atoms with van der Waals surface area (Å²) in [5, 5.41) is 19.8. The summed E-state index contributed by atoms with van der Waals surface area (Å²) in [5.41, 5.74) is 0. The lowest BCUT2D eigenvalue weighted by atomic mass is 10.3. The van der Waals surface area contributed by atoms with Crippen molar-refractivity contribution < 1.29 is 19.7 Å². The van der Waals surface area contributed by atoms with Crippen LogP contribution in [0.25, 0.3) is 0 Å². The van der Waals surface area contributed by atoms with Crippen LogP contribution in [0.5, 0.6) is 0 Å². The second-order valence-corrected chi connectivity index (χ2v) is 2.94. The van der Waals surface area contributed by atoms with Gasteiger partial charge in [-0.2, -0.15) is 0 Å². The van der Waals surface area contributed by atoms with E-state index in [4.69, 9.17) is 14.9 Å². The number of aliphatic hydroxyl groups excluding tert-OH is 1. The number of aliphatic carboxylic acids is 1. The summed E-state index contributed by atoms with van der Waals surface area (Å²) in [6.07, 6.45) is 1.76. The summed E-state index contributed by atoms with van der Waals surface area (Å²) >= 11 is 0. The van der Waals surface area contributed by atoms with Crippen molar-refractivity contribution in [3.05, 3.63) is 0 Å². The summed E-state index contributed by atoms with van der Waals surface area (Å²) in [5.74, 6) is -0.752. The molecule has 0 unspecified atom stereocenters. The van der Waals surface area contributed by atoms with Gasteiger partial charge in [-0.25, -0.2) is 0 Å². The number of nitrogens with one attached hydrogen (secondary N) is 1. The zero-order chi connectivity index (χ0) is 10.6. The van der Waals surface area contributed by atoms with Crippen LogP contribution >= 0.6 is 0 Å². The van der Waals surface area contributed by atoms with Crippen molar-refractivity contribution in [1.29, 1.82) is 0 Å². The van der Waals surface area contributed by atoms with Crippen LogP contribution in [0.4, 0.5) is 0 Å². The van der Waals surface area contributed by atoms with Crippen molar-refractivity contribution in [3.63, 3.8) is 0 Å². The minimum Gasteiger partial charge on any atom is -0.481 e. The third-order valence-electron chi connectivity index (χ3n) is 1.62. The van der Waals surface area contributed by atoms with Crippen LogP contribution in [0.15, 0.2) is 0 Å². The van der Waals surface area contributed by atoms with Crippen LogP contribution in [0.2, 0.25) is 0 Å². The first-order valence-corrected chi connectivity index (χ1v) is 4.88. The van der Waals surface area contributed by atoms with Gasteiger partial charge in [0.1, 0.15) is 0 Å². The Bertz CT molecular complexity index is 141. The maximum absolute atomic E-state index is 10.1. The molecule has 0 saturated heterocycles. The fraction of sp³-hybridized carbons (Fsp3) is 0.889.